The molecule has 0 aliphatic carbocycles. The number of aryl methyl sites for hydroxylation is 1. The van der Waals surface area contributed by atoms with Crippen molar-refractivity contribution in [1.29, 1.82) is 0 Å². The van der Waals surface area contributed by atoms with Crippen LogP contribution in [0, 0.1) is 5.92 Å². The van der Waals surface area contributed by atoms with Crippen molar-refractivity contribution in [3.63, 3.8) is 0 Å². The number of hydrogen-bond acceptors (Lipinski definition) is 9. The molecule has 4 atom stereocenters. The molecule has 0 saturated carbocycles. The number of piperidine rings is 1. The van der Waals surface area contributed by atoms with Crippen molar-refractivity contribution in [2.24, 2.45) is 11.7 Å². The van der Waals surface area contributed by atoms with Gasteiger partial charge in [-0.15, -0.1) is 0 Å². The van der Waals surface area contributed by atoms with Crippen LogP contribution in [0.3, 0.4) is 0 Å². The smallest absolute Gasteiger partial charge is 0.410 e. The third kappa shape index (κ3) is 10.6. The Kier molecular flexibility index (Phi) is 13.6. The van der Waals surface area contributed by atoms with E-state index in [0.717, 1.165) is 24.8 Å². The van der Waals surface area contributed by atoms with Crippen LogP contribution in [0.5, 0.6) is 0 Å². The lowest BCUT2D eigenvalue weighted by Gasteiger charge is -2.29. The number of para-hydroxylation sites is 3. The first-order chi connectivity index (χ1) is 26.8. The number of urea groups is 1. The van der Waals surface area contributed by atoms with Gasteiger partial charge in [0.25, 0.3) is 5.89 Å². The second-order valence-electron chi connectivity index (χ2n) is 14.3. The SMILES string of the molecule is NCCCC[C@H](CC(=O)[C@@H]1C[C@@H](OC(=O)N2CCCCC2)CN1C(=O)[C@@H](CCc1ccccc1)NC(=O)Nc1ccccc1)C(=O)c1nc2ccccc2o1. The maximum atomic E-state index is 14.6. The quantitative estimate of drug-likeness (QED) is 0.0898. The predicted molar refractivity (Wildman–Crippen MR) is 207 cm³/mol. The number of rotatable bonds is 16. The molecule has 2 aliphatic heterocycles. The zero-order chi connectivity index (χ0) is 38.6. The summed E-state index contributed by atoms with van der Waals surface area (Å²) in [5.41, 5.74) is 8.31. The van der Waals surface area contributed by atoms with Crippen LogP contribution in [0.2, 0.25) is 0 Å². The van der Waals surface area contributed by atoms with E-state index in [4.69, 9.17) is 14.9 Å². The summed E-state index contributed by atoms with van der Waals surface area (Å²) in [6.45, 7) is 1.57. The summed E-state index contributed by atoms with van der Waals surface area (Å²) < 4.78 is 11.8. The molecule has 290 valence electrons. The molecule has 3 aromatic carbocycles. The van der Waals surface area contributed by atoms with E-state index in [1.54, 1.807) is 53.4 Å². The molecule has 0 bridgehead atoms. The third-order valence-electron chi connectivity index (χ3n) is 10.3. The molecule has 3 heterocycles. The molecular formula is C42H50N6O7. The van der Waals surface area contributed by atoms with Crippen molar-refractivity contribution in [3.05, 3.63) is 96.4 Å². The number of ether oxygens (including phenoxy) is 1. The second-order valence-corrected chi connectivity index (χ2v) is 14.3. The van der Waals surface area contributed by atoms with Gasteiger partial charge in [-0.1, -0.05) is 67.1 Å². The maximum absolute atomic E-state index is 14.6. The van der Waals surface area contributed by atoms with Crippen molar-refractivity contribution in [3.8, 4) is 0 Å². The van der Waals surface area contributed by atoms with Gasteiger partial charge in [-0.25, -0.2) is 14.6 Å². The predicted octanol–water partition coefficient (Wildman–Crippen LogP) is 6.13. The molecule has 2 aliphatic rings. The number of fused-ring (bicyclic) bond motifs is 1. The molecule has 6 rings (SSSR count). The van der Waals surface area contributed by atoms with Gasteiger partial charge in [0.05, 0.1) is 12.6 Å². The zero-order valence-electron chi connectivity index (χ0n) is 31.1. The highest BCUT2D eigenvalue weighted by Crippen LogP contribution is 2.29. The fraction of sp³-hybridized carbons (Fsp3) is 0.429. The Morgan fingerprint density at radius 3 is 2.31 bits per heavy atom. The van der Waals surface area contributed by atoms with E-state index in [0.29, 0.717) is 62.1 Å². The van der Waals surface area contributed by atoms with E-state index in [9.17, 15) is 24.0 Å². The first-order valence-corrected chi connectivity index (χ1v) is 19.3. The Bertz CT molecular complexity index is 1880. The van der Waals surface area contributed by atoms with Crippen molar-refractivity contribution >= 4 is 46.4 Å². The highest BCUT2D eigenvalue weighted by molar-refractivity contribution is 6.00. The Morgan fingerprint density at radius 2 is 1.58 bits per heavy atom. The van der Waals surface area contributed by atoms with E-state index in [-0.39, 0.29) is 37.5 Å². The number of Topliss-reactive ketones (excluding diaryl/α,β-unsaturated/α-hetero) is 2. The standard InChI is InChI=1S/C42H50N6O7/c43-23-11-10-16-30(38(50)39-45-33-19-8-9-20-37(33)55-39)26-36(49)35-27-32(54-42(53)47-24-12-3-13-25-47)28-48(35)40(51)34(22-21-29-14-4-1-5-15-29)46-41(52)44-31-17-6-2-7-18-31/h1-2,4-9,14-15,17-20,30,32,34-35H,3,10-13,16,21-28,43H2,(H2,44,46,52)/t30-,32-,34-,35+/m1/s1. The second kappa shape index (κ2) is 19.2. The molecule has 4 N–H and O–H groups in total. The Morgan fingerprint density at radius 1 is 0.873 bits per heavy atom. The first kappa shape index (κ1) is 39.1. The molecule has 1 aromatic heterocycles. The summed E-state index contributed by atoms with van der Waals surface area (Å²) in [5.74, 6) is -2.07. The van der Waals surface area contributed by atoms with Crippen molar-refractivity contribution in [2.75, 3.05) is 31.5 Å². The lowest BCUT2D eigenvalue weighted by molar-refractivity contribution is -0.139. The number of unbranched alkanes of at least 4 members (excludes halogenated alkanes) is 1. The minimum Gasteiger partial charge on any atom is -0.444 e. The van der Waals surface area contributed by atoms with Crippen LogP contribution < -0.4 is 16.4 Å². The number of ketones is 2. The van der Waals surface area contributed by atoms with Crippen molar-refractivity contribution in [1.82, 2.24) is 20.1 Å². The lowest BCUT2D eigenvalue weighted by atomic mass is 9.89. The number of nitrogens with zero attached hydrogens (tertiary/aromatic N) is 3. The van der Waals surface area contributed by atoms with E-state index in [2.05, 4.69) is 15.6 Å². The Hall–Kier alpha value is -5.56. The molecule has 13 nitrogen and oxygen atoms in total. The number of oxazole rings is 1. The number of benzene rings is 3. The molecule has 0 unspecified atom stereocenters. The summed E-state index contributed by atoms with van der Waals surface area (Å²) >= 11 is 0. The third-order valence-corrected chi connectivity index (χ3v) is 10.3. The summed E-state index contributed by atoms with van der Waals surface area (Å²) in [5, 5.41) is 5.64. The fourth-order valence-electron chi connectivity index (χ4n) is 7.38. The molecule has 2 fully saturated rings. The summed E-state index contributed by atoms with van der Waals surface area (Å²) in [7, 11) is 0. The molecule has 2 saturated heterocycles. The van der Waals surface area contributed by atoms with Gasteiger partial charge in [-0.3, -0.25) is 14.4 Å². The van der Waals surface area contributed by atoms with Crippen LogP contribution in [-0.4, -0.2) is 88.7 Å². The number of nitrogens with two attached hydrogens (primary N) is 1. The van der Waals surface area contributed by atoms with Crippen LogP contribution in [0.15, 0.2) is 89.3 Å². The van der Waals surface area contributed by atoms with Crippen molar-refractivity contribution < 1.29 is 33.1 Å². The van der Waals surface area contributed by atoms with Crippen molar-refractivity contribution in [2.45, 2.75) is 82.4 Å². The highest BCUT2D eigenvalue weighted by atomic mass is 16.6. The molecule has 4 amide bonds. The van der Waals surface area contributed by atoms with Gasteiger partial charge in [0.2, 0.25) is 11.7 Å². The average molecular weight is 751 g/mol. The minimum absolute atomic E-state index is 0.0322. The lowest BCUT2D eigenvalue weighted by Crippen LogP contribution is -2.53. The zero-order valence-corrected chi connectivity index (χ0v) is 31.1. The van der Waals surface area contributed by atoms with Gasteiger partial charge in [0.1, 0.15) is 17.7 Å². The van der Waals surface area contributed by atoms with Crippen LogP contribution in [0.4, 0.5) is 15.3 Å². The number of aromatic nitrogens is 1. The molecule has 13 heteroatoms. The number of amides is 4. The molecule has 55 heavy (non-hydrogen) atoms. The van der Waals surface area contributed by atoms with Gasteiger partial charge < -0.3 is 35.3 Å². The van der Waals surface area contributed by atoms with Gasteiger partial charge in [0.15, 0.2) is 11.4 Å². The molecule has 0 spiro atoms. The van der Waals surface area contributed by atoms with Crippen LogP contribution >= 0.6 is 0 Å². The van der Waals surface area contributed by atoms with Crippen LogP contribution in [0.25, 0.3) is 11.1 Å². The van der Waals surface area contributed by atoms with E-state index < -0.39 is 47.9 Å². The van der Waals surface area contributed by atoms with Gasteiger partial charge in [-0.05, 0) is 81.3 Å². The van der Waals surface area contributed by atoms with E-state index in [1.165, 1.54) is 4.90 Å². The van der Waals surface area contributed by atoms with Gasteiger partial charge in [-0.2, -0.15) is 0 Å². The fourth-order valence-corrected chi connectivity index (χ4v) is 7.38. The number of carbonyl (C=O) groups excluding carboxylic acids is 5. The largest absolute Gasteiger partial charge is 0.444 e. The van der Waals surface area contributed by atoms with E-state index in [1.807, 2.05) is 36.4 Å². The monoisotopic (exact) mass is 750 g/mol. The molecule has 0 radical (unpaired) electrons. The number of anilines is 1. The number of hydrogen-bond donors (Lipinski definition) is 3. The molecular weight excluding hydrogens is 700 g/mol. The van der Waals surface area contributed by atoms with Crippen LogP contribution in [0.1, 0.15) is 74.0 Å². The van der Waals surface area contributed by atoms with Gasteiger partial charge in [0, 0.05) is 37.5 Å². The molecule has 4 aromatic rings. The normalized spacial score (nSPS) is 18.1. The summed E-state index contributed by atoms with van der Waals surface area (Å²) in [6.07, 6.45) is 3.81. The number of carbonyl (C=O) groups is 5. The van der Waals surface area contributed by atoms with E-state index >= 15 is 0 Å². The number of nitrogens with one attached hydrogen (secondary N) is 2. The van der Waals surface area contributed by atoms with Gasteiger partial charge >= 0.3 is 12.1 Å². The Labute approximate surface area is 321 Å². The highest BCUT2D eigenvalue weighted by Gasteiger charge is 2.44. The minimum atomic E-state index is -1.02. The topological polar surface area (TPSA) is 177 Å². The average Bonchev–Trinajstić information content (AvgIpc) is 3.85. The Balaban J connectivity index is 1.25. The first-order valence-electron chi connectivity index (χ1n) is 19.3. The van der Waals surface area contributed by atoms with Crippen LogP contribution in [-0.2, 0) is 20.7 Å². The summed E-state index contributed by atoms with van der Waals surface area (Å²) in [4.78, 5) is 77.0. The summed E-state index contributed by atoms with van der Waals surface area (Å²) in [6, 6.07) is 23.0. The maximum Gasteiger partial charge on any atom is 0.410 e. The number of likely N-dealkylation sites (tertiary alicyclic amines) is 2.